The molecule has 0 fully saturated rings. The van der Waals surface area contributed by atoms with E-state index in [0.29, 0.717) is 0 Å². The van der Waals surface area contributed by atoms with Crippen LogP contribution in [-0.4, -0.2) is 7.05 Å². The molecule has 0 spiro atoms. The van der Waals surface area contributed by atoms with Crippen molar-refractivity contribution in [1.82, 2.24) is 0 Å². The van der Waals surface area contributed by atoms with Crippen LogP contribution >= 0.6 is 11.3 Å². The van der Waals surface area contributed by atoms with Crippen molar-refractivity contribution in [1.29, 1.82) is 0 Å². The zero-order valence-corrected chi connectivity index (χ0v) is 30.6. The van der Waals surface area contributed by atoms with Gasteiger partial charge in [-0.1, -0.05) is 170 Å². The standard InChI is InChI=1S/C33H21NOS.C18H14/c1-34(27-15-8-14-25-24-13-6-7-16-29(24)36-33(25)27)31-23-12-5-3-10-21(23)19-26-30-22-11-4-2-9-20(22)17-18-28(30)35-32(26)31;1-3-9-15(10-4-1)17-13-7-8-14-18(17)16-11-5-2-6-12-16/h2-19H,1H3;1-14H. The van der Waals surface area contributed by atoms with Gasteiger partial charge in [-0.25, -0.2) is 0 Å². The molecule has 2 heterocycles. The maximum absolute atomic E-state index is 6.68. The number of rotatable bonds is 4. The van der Waals surface area contributed by atoms with Crippen LogP contribution in [-0.2, 0) is 0 Å². The number of fused-ring (bicyclic) bond motifs is 9. The quantitative estimate of drug-likeness (QED) is 0.181. The van der Waals surface area contributed by atoms with E-state index in [9.17, 15) is 0 Å². The summed E-state index contributed by atoms with van der Waals surface area (Å²) < 4.78 is 9.28. The van der Waals surface area contributed by atoms with Crippen LogP contribution in [0.2, 0.25) is 0 Å². The summed E-state index contributed by atoms with van der Waals surface area (Å²) in [4.78, 5) is 2.33. The summed E-state index contributed by atoms with van der Waals surface area (Å²) in [6, 6.07) is 68.7. The molecule has 9 aromatic carbocycles. The van der Waals surface area contributed by atoms with Crippen LogP contribution in [0.1, 0.15) is 0 Å². The molecule has 11 aromatic rings. The zero-order valence-electron chi connectivity index (χ0n) is 29.7. The van der Waals surface area contributed by atoms with Gasteiger partial charge in [0.1, 0.15) is 5.58 Å². The predicted octanol–water partition coefficient (Wildman–Crippen LogP) is 15.0. The molecule has 0 aliphatic heterocycles. The summed E-state index contributed by atoms with van der Waals surface area (Å²) in [6.45, 7) is 0. The maximum Gasteiger partial charge on any atom is 0.159 e. The Bertz CT molecular complexity index is 3060. The second-order valence-electron chi connectivity index (χ2n) is 13.7. The van der Waals surface area contributed by atoms with Crippen molar-refractivity contribution < 1.29 is 4.42 Å². The fourth-order valence-electron chi connectivity index (χ4n) is 7.99. The van der Waals surface area contributed by atoms with Crippen LogP contribution in [0.25, 0.3) is 85.9 Å². The third-order valence-electron chi connectivity index (χ3n) is 10.5. The number of furan rings is 1. The zero-order chi connectivity index (χ0) is 36.0. The van der Waals surface area contributed by atoms with Crippen molar-refractivity contribution in [3.8, 4) is 22.3 Å². The summed E-state index contributed by atoms with van der Waals surface area (Å²) in [5.41, 5.74) is 9.24. The number of anilines is 2. The van der Waals surface area contributed by atoms with Gasteiger partial charge in [0.2, 0.25) is 0 Å². The van der Waals surface area contributed by atoms with Gasteiger partial charge in [0.15, 0.2) is 5.58 Å². The van der Waals surface area contributed by atoms with Crippen molar-refractivity contribution in [3.63, 3.8) is 0 Å². The van der Waals surface area contributed by atoms with Crippen LogP contribution in [0.5, 0.6) is 0 Å². The number of hydrogen-bond acceptors (Lipinski definition) is 3. The molecule has 0 bridgehead atoms. The lowest BCUT2D eigenvalue weighted by atomic mass is 9.95. The van der Waals surface area contributed by atoms with Crippen LogP contribution in [0.4, 0.5) is 11.4 Å². The van der Waals surface area contributed by atoms with Gasteiger partial charge in [-0.05, 0) is 62.7 Å². The largest absolute Gasteiger partial charge is 0.454 e. The van der Waals surface area contributed by atoms with Gasteiger partial charge in [0, 0.05) is 38.7 Å². The minimum absolute atomic E-state index is 0.925. The number of hydrogen-bond donors (Lipinski definition) is 0. The molecule has 2 aromatic heterocycles. The second kappa shape index (κ2) is 13.4. The van der Waals surface area contributed by atoms with Crippen molar-refractivity contribution in [2.75, 3.05) is 11.9 Å². The molecular weight excluding hydrogens is 675 g/mol. The Kier molecular flexibility index (Phi) is 7.93. The summed E-state index contributed by atoms with van der Waals surface area (Å²) in [5, 5.41) is 9.81. The molecule has 0 aliphatic rings. The molecule has 2 nitrogen and oxygen atoms in total. The summed E-state index contributed by atoms with van der Waals surface area (Å²) in [5.74, 6) is 0. The van der Waals surface area contributed by atoms with E-state index in [0.717, 1.165) is 22.2 Å². The van der Waals surface area contributed by atoms with E-state index in [2.05, 4.69) is 206 Å². The van der Waals surface area contributed by atoms with Crippen LogP contribution < -0.4 is 4.90 Å². The highest BCUT2D eigenvalue weighted by Gasteiger charge is 2.22. The monoisotopic (exact) mass is 709 g/mol. The van der Waals surface area contributed by atoms with Gasteiger partial charge < -0.3 is 9.32 Å². The highest BCUT2D eigenvalue weighted by molar-refractivity contribution is 7.26. The topological polar surface area (TPSA) is 16.4 Å². The second-order valence-corrected chi connectivity index (χ2v) is 14.7. The Labute approximate surface area is 317 Å². The molecular formula is C51H35NOS. The molecule has 0 unspecified atom stereocenters. The van der Waals surface area contributed by atoms with Gasteiger partial charge in [0.25, 0.3) is 0 Å². The molecule has 256 valence electrons. The normalized spacial score (nSPS) is 11.4. The lowest BCUT2D eigenvalue weighted by Crippen LogP contribution is -2.10. The first-order valence-electron chi connectivity index (χ1n) is 18.3. The fourth-order valence-corrected chi connectivity index (χ4v) is 9.25. The molecule has 3 heteroatoms. The number of thiophene rings is 1. The first kappa shape index (κ1) is 32.0. The molecule has 54 heavy (non-hydrogen) atoms. The van der Waals surface area contributed by atoms with Gasteiger partial charge in [-0.2, -0.15) is 0 Å². The molecule has 0 saturated heterocycles. The fraction of sp³-hybridized carbons (Fsp3) is 0.0196. The Morgan fingerprint density at radius 3 is 1.74 bits per heavy atom. The SMILES string of the molecule is CN(c1c2ccccc2cc2c1oc1ccc3ccccc3c12)c1cccc2c1sc1ccccc12.c1ccc(-c2ccccc2-c2ccccc2)cc1. The van der Waals surface area contributed by atoms with E-state index < -0.39 is 0 Å². The highest BCUT2D eigenvalue weighted by atomic mass is 32.1. The van der Waals surface area contributed by atoms with Gasteiger partial charge in [-0.3, -0.25) is 0 Å². The number of benzene rings is 9. The third kappa shape index (κ3) is 5.41. The average molecular weight is 710 g/mol. The van der Waals surface area contributed by atoms with E-state index in [4.69, 9.17) is 4.42 Å². The molecule has 0 N–H and O–H groups in total. The Morgan fingerprint density at radius 1 is 0.444 bits per heavy atom. The Balaban J connectivity index is 0.000000169. The lowest BCUT2D eigenvalue weighted by Gasteiger charge is -2.22. The first-order valence-corrected chi connectivity index (χ1v) is 19.1. The minimum atomic E-state index is 0.925. The molecule has 0 amide bonds. The smallest absolute Gasteiger partial charge is 0.159 e. The average Bonchev–Trinajstić information content (AvgIpc) is 3.82. The van der Waals surface area contributed by atoms with E-state index in [1.807, 2.05) is 11.3 Å². The molecule has 0 radical (unpaired) electrons. The van der Waals surface area contributed by atoms with Gasteiger partial charge in [-0.15, -0.1) is 11.3 Å². The third-order valence-corrected chi connectivity index (χ3v) is 11.7. The van der Waals surface area contributed by atoms with Crippen LogP contribution in [0.3, 0.4) is 0 Å². The molecule has 0 atom stereocenters. The predicted molar refractivity (Wildman–Crippen MR) is 233 cm³/mol. The summed E-state index contributed by atoms with van der Waals surface area (Å²) in [6.07, 6.45) is 0. The molecule has 0 aliphatic carbocycles. The van der Waals surface area contributed by atoms with Crippen molar-refractivity contribution in [3.05, 3.63) is 194 Å². The summed E-state index contributed by atoms with van der Waals surface area (Å²) >= 11 is 1.86. The molecule has 0 saturated carbocycles. The first-order chi connectivity index (χ1) is 26.7. The Hall–Kier alpha value is -6.68. The Morgan fingerprint density at radius 2 is 1.02 bits per heavy atom. The van der Waals surface area contributed by atoms with Crippen LogP contribution in [0, 0.1) is 0 Å². The van der Waals surface area contributed by atoms with E-state index in [1.165, 1.54) is 75.0 Å². The van der Waals surface area contributed by atoms with E-state index >= 15 is 0 Å². The van der Waals surface area contributed by atoms with Crippen molar-refractivity contribution in [2.24, 2.45) is 0 Å². The minimum Gasteiger partial charge on any atom is -0.454 e. The van der Waals surface area contributed by atoms with Crippen molar-refractivity contribution >= 4 is 86.4 Å². The van der Waals surface area contributed by atoms with Crippen molar-refractivity contribution in [2.45, 2.75) is 0 Å². The molecule has 11 rings (SSSR count). The van der Waals surface area contributed by atoms with E-state index in [1.54, 1.807) is 0 Å². The number of nitrogens with zero attached hydrogens (tertiary/aromatic N) is 1. The van der Waals surface area contributed by atoms with Gasteiger partial charge in [0.05, 0.1) is 16.1 Å². The highest BCUT2D eigenvalue weighted by Crippen LogP contribution is 2.47. The van der Waals surface area contributed by atoms with Gasteiger partial charge >= 0.3 is 0 Å². The maximum atomic E-state index is 6.68. The lowest BCUT2D eigenvalue weighted by molar-refractivity contribution is 0.669. The van der Waals surface area contributed by atoms with Crippen LogP contribution in [0.15, 0.2) is 199 Å². The summed E-state index contributed by atoms with van der Waals surface area (Å²) in [7, 11) is 2.17. The van der Waals surface area contributed by atoms with E-state index in [-0.39, 0.29) is 0 Å².